The molecule has 1 N–H and O–H groups in total. The average molecular weight is 289 g/mol. The van der Waals surface area contributed by atoms with E-state index >= 15 is 0 Å². The highest BCUT2D eigenvalue weighted by atomic mass is 16.5. The fraction of sp³-hybridized carbons (Fsp3) is 0.933. The molecule has 5 heteroatoms. The normalized spacial score (nSPS) is 15.7. The molecule has 2 unspecified atom stereocenters. The van der Waals surface area contributed by atoms with Crippen molar-refractivity contribution in [3.63, 3.8) is 0 Å². The van der Waals surface area contributed by atoms with Crippen LogP contribution in [0.15, 0.2) is 0 Å². The molecule has 0 aliphatic rings. The van der Waals surface area contributed by atoms with Crippen LogP contribution in [-0.4, -0.2) is 51.1 Å². The van der Waals surface area contributed by atoms with Crippen molar-refractivity contribution in [3.8, 4) is 0 Å². The largest absolute Gasteiger partial charge is 0.468 e. The summed E-state index contributed by atoms with van der Waals surface area (Å²) in [4.78, 5) is 11.9. The Labute approximate surface area is 123 Å². The number of methoxy groups -OCH3 is 1. The van der Waals surface area contributed by atoms with Crippen LogP contribution < -0.4 is 5.32 Å². The Kier molecular flexibility index (Phi) is 10.7. The highest BCUT2D eigenvalue weighted by Crippen LogP contribution is 2.16. The van der Waals surface area contributed by atoms with Crippen LogP contribution in [-0.2, 0) is 19.0 Å². The molecule has 20 heavy (non-hydrogen) atoms. The van der Waals surface area contributed by atoms with Crippen LogP contribution in [0.25, 0.3) is 0 Å². The number of ether oxygens (including phenoxy) is 3. The molecule has 5 nitrogen and oxygen atoms in total. The zero-order chi connectivity index (χ0) is 15.4. The first kappa shape index (κ1) is 19.4. The van der Waals surface area contributed by atoms with Gasteiger partial charge in [0, 0.05) is 13.0 Å². The summed E-state index contributed by atoms with van der Waals surface area (Å²) in [6.07, 6.45) is 2.52. The van der Waals surface area contributed by atoms with Gasteiger partial charge < -0.3 is 19.5 Å². The molecule has 0 bridgehead atoms. The van der Waals surface area contributed by atoms with Crippen molar-refractivity contribution in [2.24, 2.45) is 0 Å². The molecule has 0 aromatic rings. The summed E-state index contributed by atoms with van der Waals surface area (Å²) in [6, 6.07) is 0. The minimum Gasteiger partial charge on any atom is -0.468 e. The van der Waals surface area contributed by atoms with Gasteiger partial charge in [0.05, 0.1) is 26.4 Å². The molecule has 0 saturated carbocycles. The number of carbonyl (C=O) groups is 1. The predicted octanol–water partition coefficient (Wildman–Crippen LogP) is 2.14. The van der Waals surface area contributed by atoms with Gasteiger partial charge in [-0.05, 0) is 33.2 Å². The number of nitrogens with one attached hydrogen (secondary N) is 1. The quantitative estimate of drug-likeness (QED) is 0.440. The highest BCUT2D eigenvalue weighted by Gasteiger charge is 2.35. The molecule has 120 valence electrons. The van der Waals surface area contributed by atoms with Gasteiger partial charge in [0.25, 0.3) is 0 Å². The Morgan fingerprint density at radius 3 is 2.45 bits per heavy atom. The van der Waals surface area contributed by atoms with Crippen molar-refractivity contribution >= 4 is 5.97 Å². The summed E-state index contributed by atoms with van der Waals surface area (Å²) >= 11 is 0. The Morgan fingerprint density at radius 1 is 1.20 bits per heavy atom. The van der Waals surface area contributed by atoms with E-state index in [9.17, 15) is 4.79 Å². The van der Waals surface area contributed by atoms with E-state index in [4.69, 9.17) is 14.2 Å². The SMILES string of the molecule is CCCNC(C)(CC(C)OCCOCCC)C(=O)OC. The summed E-state index contributed by atoms with van der Waals surface area (Å²) in [5, 5.41) is 3.25. The van der Waals surface area contributed by atoms with Gasteiger partial charge in [-0.3, -0.25) is 4.79 Å². The average Bonchev–Trinajstić information content (AvgIpc) is 2.43. The molecule has 0 saturated heterocycles. The van der Waals surface area contributed by atoms with Gasteiger partial charge in [-0.25, -0.2) is 0 Å². The third-order valence-corrected chi connectivity index (χ3v) is 3.08. The van der Waals surface area contributed by atoms with Crippen LogP contribution in [0, 0.1) is 0 Å². The van der Waals surface area contributed by atoms with Crippen LogP contribution in [0.2, 0.25) is 0 Å². The number of esters is 1. The summed E-state index contributed by atoms with van der Waals surface area (Å²) in [7, 11) is 1.42. The molecule has 2 atom stereocenters. The minimum absolute atomic E-state index is 0.0336. The zero-order valence-electron chi connectivity index (χ0n) is 13.7. The first-order valence-corrected chi connectivity index (χ1v) is 7.53. The molecule has 0 aromatic heterocycles. The van der Waals surface area contributed by atoms with E-state index in [2.05, 4.69) is 19.2 Å². The van der Waals surface area contributed by atoms with E-state index in [-0.39, 0.29) is 12.1 Å². The molecule has 0 heterocycles. The second-order valence-electron chi connectivity index (χ2n) is 5.25. The standard InChI is InChI=1S/C15H31NO4/c1-6-8-16-15(4,14(17)18-5)12-13(3)20-11-10-19-9-7-2/h13,16H,6-12H2,1-5H3. The molecule has 0 amide bonds. The van der Waals surface area contributed by atoms with E-state index in [1.54, 1.807) is 0 Å². The van der Waals surface area contributed by atoms with Crippen LogP contribution in [0.4, 0.5) is 0 Å². The smallest absolute Gasteiger partial charge is 0.325 e. The maximum Gasteiger partial charge on any atom is 0.325 e. The molecule has 0 fully saturated rings. The molecule has 0 spiro atoms. The fourth-order valence-corrected chi connectivity index (χ4v) is 2.04. The maximum absolute atomic E-state index is 11.9. The number of rotatable bonds is 12. The summed E-state index contributed by atoms with van der Waals surface area (Å²) < 4.78 is 15.9. The lowest BCUT2D eigenvalue weighted by atomic mass is 9.94. The number of carbonyl (C=O) groups excluding carboxylic acids is 1. The van der Waals surface area contributed by atoms with Crippen LogP contribution in [0.1, 0.15) is 47.0 Å². The lowest BCUT2D eigenvalue weighted by Crippen LogP contribution is -2.52. The molecular weight excluding hydrogens is 258 g/mol. The minimum atomic E-state index is -0.700. The van der Waals surface area contributed by atoms with Gasteiger partial charge in [0.1, 0.15) is 5.54 Å². The van der Waals surface area contributed by atoms with E-state index in [1.165, 1.54) is 7.11 Å². The lowest BCUT2D eigenvalue weighted by Gasteiger charge is -2.30. The Morgan fingerprint density at radius 2 is 1.90 bits per heavy atom. The van der Waals surface area contributed by atoms with Crippen LogP contribution >= 0.6 is 0 Å². The Bertz CT molecular complexity index is 260. The molecule has 0 aliphatic carbocycles. The van der Waals surface area contributed by atoms with Gasteiger partial charge >= 0.3 is 5.97 Å². The topological polar surface area (TPSA) is 56.8 Å². The van der Waals surface area contributed by atoms with Gasteiger partial charge in [-0.1, -0.05) is 13.8 Å². The van der Waals surface area contributed by atoms with E-state index in [0.717, 1.165) is 26.0 Å². The second-order valence-corrected chi connectivity index (χ2v) is 5.25. The fourth-order valence-electron chi connectivity index (χ4n) is 2.04. The van der Waals surface area contributed by atoms with Gasteiger partial charge in [-0.2, -0.15) is 0 Å². The third-order valence-electron chi connectivity index (χ3n) is 3.08. The van der Waals surface area contributed by atoms with Crippen molar-refractivity contribution in [1.82, 2.24) is 5.32 Å². The van der Waals surface area contributed by atoms with Crippen molar-refractivity contribution < 1.29 is 19.0 Å². The molecule has 0 aliphatic heterocycles. The Balaban J connectivity index is 4.18. The van der Waals surface area contributed by atoms with Gasteiger partial charge in [-0.15, -0.1) is 0 Å². The second kappa shape index (κ2) is 11.1. The third kappa shape index (κ3) is 7.82. The summed E-state index contributed by atoms with van der Waals surface area (Å²) in [6.45, 7) is 10.6. The first-order valence-electron chi connectivity index (χ1n) is 7.53. The van der Waals surface area contributed by atoms with Crippen LogP contribution in [0.5, 0.6) is 0 Å². The van der Waals surface area contributed by atoms with Gasteiger partial charge in [0.15, 0.2) is 0 Å². The highest BCUT2D eigenvalue weighted by molar-refractivity contribution is 5.80. The molecule has 0 rings (SSSR count). The predicted molar refractivity (Wildman–Crippen MR) is 79.9 cm³/mol. The lowest BCUT2D eigenvalue weighted by molar-refractivity contribution is -0.149. The van der Waals surface area contributed by atoms with Crippen molar-refractivity contribution in [3.05, 3.63) is 0 Å². The summed E-state index contributed by atoms with van der Waals surface area (Å²) in [5.41, 5.74) is -0.700. The van der Waals surface area contributed by atoms with Crippen LogP contribution in [0.3, 0.4) is 0 Å². The number of hydrogen-bond donors (Lipinski definition) is 1. The van der Waals surface area contributed by atoms with Gasteiger partial charge in [0.2, 0.25) is 0 Å². The van der Waals surface area contributed by atoms with Crippen molar-refractivity contribution in [2.75, 3.05) is 33.5 Å². The Hall–Kier alpha value is -0.650. The number of hydrogen-bond acceptors (Lipinski definition) is 5. The zero-order valence-corrected chi connectivity index (χ0v) is 13.7. The maximum atomic E-state index is 11.9. The molecule has 0 aromatic carbocycles. The van der Waals surface area contributed by atoms with E-state index in [0.29, 0.717) is 19.6 Å². The molecule has 0 radical (unpaired) electrons. The van der Waals surface area contributed by atoms with E-state index in [1.807, 2.05) is 13.8 Å². The molecular formula is C15H31NO4. The van der Waals surface area contributed by atoms with Crippen molar-refractivity contribution in [2.45, 2.75) is 58.6 Å². The first-order chi connectivity index (χ1) is 9.50. The summed E-state index contributed by atoms with van der Waals surface area (Å²) in [5.74, 6) is -0.247. The monoisotopic (exact) mass is 289 g/mol. The van der Waals surface area contributed by atoms with E-state index < -0.39 is 5.54 Å². The van der Waals surface area contributed by atoms with Crippen molar-refractivity contribution in [1.29, 1.82) is 0 Å².